The number of hydrogen-bond acceptors (Lipinski definition) is 7. The third kappa shape index (κ3) is 3.75. The van der Waals surface area contributed by atoms with E-state index < -0.39 is 12.0 Å². The monoisotopic (exact) mass is 482 g/mol. The van der Waals surface area contributed by atoms with Crippen molar-refractivity contribution in [2.45, 2.75) is 19.9 Å². The smallest absolute Gasteiger partial charge is 0.338 e. The molecular formula is C24H19ClN2O5S. The summed E-state index contributed by atoms with van der Waals surface area (Å²) in [5.74, 6) is 0.779. The number of benzene rings is 2. The highest BCUT2D eigenvalue weighted by molar-refractivity contribution is 7.07. The van der Waals surface area contributed by atoms with Gasteiger partial charge in [0.2, 0.25) is 6.79 Å². The molecule has 33 heavy (non-hydrogen) atoms. The molecule has 0 unspecified atom stereocenters. The molecule has 0 spiro atoms. The Hall–Kier alpha value is -3.36. The fourth-order valence-electron chi connectivity index (χ4n) is 3.94. The first-order valence-electron chi connectivity index (χ1n) is 10.3. The summed E-state index contributed by atoms with van der Waals surface area (Å²) in [6.07, 6.45) is 1.78. The van der Waals surface area contributed by atoms with E-state index in [0.717, 1.165) is 5.56 Å². The Bertz CT molecular complexity index is 1490. The van der Waals surface area contributed by atoms with E-state index >= 15 is 0 Å². The van der Waals surface area contributed by atoms with Crippen molar-refractivity contribution in [1.29, 1.82) is 0 Å². The van der Waals surface area contributed by atoms with Crippen molar-refractivity contribution >= 4 is 35.0 Å². The van der Waals surface area contributed by atoms with Crippen LogP contribution in [0.1, 0.15) is 31.0 Å². The first-order valence-corrected chi connectivity index (χ1v) is 11.5. The van der Waals surface area contributed by atoms with E-state index in [0.29, 0.717) is 42.7 Å². The van der Waals surface area contributed by atoms with E-state index in [1.165, 1.54) is 15.9 Å². The van der Waals surface area contributed by atoms with Crippen LogP contribution in [-0.4, -0.2) is 23.9 Å². The van der Waals surface area contributed by atoms with Gasteiger partial charge in [0, 0.05) is 5.02 Å². The van der Waals surface area contributed by atoms with Gasteiger partial charge in [-0.25, -0.2) is 9.79 Å². The van der Waals surface area contributed by atoms with Crippen LogP contribution >= 0.6 is 22.9 Å². The molecule has 2 aliphatic heterocycles. The zero-order valence-electron chi connectivity index (χ0n) is 17.8. The van der Waals surface area contributed by atoms with Crippen LogP contribution in [0.4, 0.5) is 0 Å². The molecule has 2 aromatic carbocycles. The minimum atomic E-state index is -0.743. The van der Waals surface area contributed by atoms with Crippen LogP contribution in [-0.2, 0) is 9.53 Å². The lowest BCUT2D eigenvalue weighted by Crippen LogP contribution is -2.40. The van der Waals surface area contributed by atoms with Crippen LogP contribution in [0.3, 0.4) is 0 Å². The van der Waals surface area contributed by atoms with Crippen molar-refractivity contribution in [3.63, 3.8) is 0 Å². The molecule has 9 heteroatoms. The second-order valence-corrected chi connectivity index (χ2v) is 8.85. The Kier molecular flexibility index (Phi) is 5.55. The fraction of sp³-hybridized carbons (Fsp3) is 0.208. The van der Waals surface area contributed by atoms with Crippen molar-refractivity contribution in [3.05, 3.63) is 89.6 Å². The highest BCUT2D eigenvalue weighted by Gasteiger charge is 2.34. The third-order valence-corrected chi connectivity index (χ3v) is 6.74. The van der Waals surface area contributed by atoms with E-state index in [4.69, 9.17) is 25.8 Å². The van der Waals surface area contributed by atoms with E-state index in [9.17, 15) is 9.59 Å². The number of aromatic nitrogens is 1. The zero-order chi connectivity index (χ0) is 23.1. The quantitative estimate of drug-likeness (QED) is 0.534. The van der Waals surface area contributed by atoms with E-state index in [1.807, 2.05) is 18.2 Å². The fourth-order valence-corrected chi connectivity index (χ4v) is 5.22. The highest BCUT2D eigenvalue weighted by atomic mass is 35.5. The number of ether oxygens (including phenoxy) is 3. The molecule has 0 saturated heterocycles. The Morgan fingerprint density at radius 1 is 1.27 bits per heavy atom. The second-order valence-electron chi connectivity index (χ2n) is 7.44. The standard InChI is InChI=1S/C24H19ClN2O5S/c1-3-30-23(29)20-13(2)26-24-27(21(20)15-6-4-5-7-16(15)25)22(28)19(33-24)11-14-8-9-17-18(10-14)32-12-31-17/h4-11,21H,3,12H2,1-2H3/b19-11+/t21-/m0/s1. The van der Waals surface area contributed by atoms with Crippen molar-refractivity contribution in [3.8, 4) is 11.5 Å². The van der Waals surface area contributed by atoms with Gasteiger partial charge in [-0.15, -0.1) is 0 Å². The molecule has 3 heterocycles. The van der Waals surface area contributed by atoms with Crippen molar-refractivity contribution in [2.24, 2.45) is 4.99 Å². The maximum absolute atomic E-state index is 13.6. The summed E-state index contributed by atoms with van der Waals surface area (Å²) in [5, 5.41) is 0.448. The second kappa shape index (κ2) is 8.53. The van der Waals surface area contributed by atoms with Crippen LogP contribution in [0.2, 0.25) is 5.02 Å². The number of carbonyl (C=O) groups is 1. The summed E-state index contributed by atoms with van der Waals surface area (Å²) in [6.45, 7) is 3.86. The van der Waals surface area contributed by atoms with Crippen molar-refractivity contribution < 1.29 is 19.0 Å². The number of hydrogen-bond donors (Lipinski definition) is 0. The van der Waals surface area contributed by atoms with Gasteiger partial charge in [0.05, 0.1) is 22.4 Å². The molecular weight excluding hydrogens is 464 g/mol. The first-order chi connectivity index (χ1) is 16.0. The van der Waals surface area contributed by atoms with Crippen LogP contribution < -0.4 is 24.4 Å². The van der Waals surface area contributed by atoms with Crippen LogP contribution in [0.5, 0.6) is 11.5 Å². The summed E-state index contributed by atoms with van der Waals surface area (Å²) in [6, 6.07) is 11.9. The molecule has 5 rings (SSSR count). The van der Waals surface area contributed by atoms with Gasteiger partial charge in [-0.2, -0.15) is 0 Å². The molecule has 1 aromatic heterocycles. The van der Waals surface area contributed by atoms with Gasteiger partial charge in [0.1, 0.15) is 6.04 Å². The normalized spacial score (nSPS) is 17.1. The summed E-state index contributed by atoms with van der Waals surface area (Å²) in [5.41, 5.74) is 1.95. The number of rotatable bonds is 4. The number of thiazole rings is 1. The molecule has 1 atom stereocenters. The van der Waals surface area contributed by atoms with Crippen LogP contribution in [0, 0.1) is 0 Å². The molecule has 0 N–H and O–H groups in total. The Morgan fingerprint density at radius 3 is 2.85 bits per heavy atom. The van der Waals surface area contributed by atoms with Gasteiger partial charge >= 0.3 is 5.97 Å². The van der Waals surface area contributed by atoms with E-state index in [1.54, 1.807) is 44.2 Å². The number of halogens is 1. The first kappa shape index (κ1) is 21.5. The molecule has 168 valence electrons. The minimum absolute atomic E-state index is 0.175. The molecule has 0 bridgehead atoms. The largest absolute Gasteiger partial charge is 0.463 e. The average Bonchev–Trinajstić information content (AvgIpc) is 3.37. The maximum Gasteiger partial charge on any atom is 0.338 e. The molecule has 0 fully saturated rings. The van der Waals surface area contributed by atoms with Gasteiger partial charge in [0.25, 0.3) is 5.56 Å². The highest BCUT2D eigenvalue weighted by Crippen LogP contribution is 2.35. The van der Waals surface area contributed by atoms with Gasteiger partial charge in [-0.1, -0.05) is 47.2 Å². The van der Waals surface area contributed by atoms with Crippen LogP contribution in [0.15, 0.2) is 63.5 Å². The molecule has 0 saturated carbocycles. The average molecular weight is 483 g/mol. The topological polar surface area (TPSA) is 79.1 Å². The van der Waals surface area contributed by atoms with Gasteiger partial charge in [0.15, 0.2) is 16.3 Å². The van der Waals surface area contributed by atoms with Crippen molar-refractivity contribution in [1.82, 2.24) is 4.57 Å². The number of nitrogens with zero attached hydrogens (tertiary/aromatic N) is 2. The minimum Gasteiger partial charge on any atom is -0.463 e. The van der Waals surface area contributed by atoms with Gasteiger partial charge in [-0.3, -0.25) is 9.36 Å². The van der Waals surface area contributed by atoms with Gasteiger partial charge < -0.3 is 14.2 Å². The number of carbonyl (C=O) groups excluding carboxylic acids is 1. The lowest BCUT2D eigenvalue weighted by atomic mass is 9.96. The summed E-state index contributed by atoms with van der Waals surface area (Å²) < 4.78 is 18.1. The number of fused-ring (bicyclic) bond motifs is 2. The predicted molar refractivity (Wildman–Crippen MR) is 124 cm³/mol. The molecule has 0 radical (unpaired) electrons. The zero-order valence-corrected chi connectivity index (χ0v) is 19.4. The number of esters is 1. The van der Waals surface area contributed by atoms with E-state index in [-0.39, 0.29) is 19.0 Å². The number of allylic oxidation sites excluding steroid dienone is 1. The SMILES string of the molecule is CCOC(=O)C1=C(C)N=c2s/c(=C/c3ccc4c(c3)OCO4)c(=O)n2[C@H]1c1ccccc1Cl. The molecule has 7 nitrogen and oxygen atoms in total. The van der Waals surface area contributed by atoms with Crippen LogP contribution in [0.25, 0.3) is 6.08 Å². The molecule has 0 amide bonds. The van der Waals surface area contributed by atoms with E-state index in [2.05, 4.69) is 4.99 Å². The predicted octanol–water partition coefficient (Wildman–Crippen LogP) is 3.18. The summed E-state index contributed by atoms with van der Waals surface area (Å²) in [7, 11) is 0. The molecule has 0 aliphatic carbocycles. The Morgan fingerprint density at radius 2 is 2.06 bits per heavy atom. The third-order valence-electron chi connectivity index (χ3n) is 5.41. The molecule has 3 aromatic rings. The summed E-state index contributed by atoms with van der Waals surface area (Å²) in [4.78, 5) is 31.5. The summed E-state index contributed by atoms with van der Waals surface area (Å²) >= 11 is 7.76. The van der Waals surface area contributed by atoms with Crippen molar-refractivity contribution in [2.75, 3.05) is 13.4 Å². The molecule has 2 aliphatic rings. The lowest BCUT2D eigenvalue weighted by Gasteiger charge is -2.25. The maximum atomic E-state index is 13.6. The lowest BCUT2D eigenvalue weighted by molar-refractivity contribution is -0.139. The Balaban J connectivity index is 1.71. The van der Waals surface area contributed by atoms with Gasteiger partial charge in [-0.05, 0) is 49.2 Å². The Labute approximate surface area is 197 Å².